The van der Waals surface area contributed by atoms with Crippen molar-refractivity contribution in [2.45, 2.75) is 6.54 Å². The van der Waals surface area contributed by atoms with Gasteiger partial charge in [-0.3, -0.25) is 19.3 Å². The second kappa shape index (κ2) is 14.0. The molecule has 13 heteroatoms. The molecule has 2 aromatic heterocycles. The minimum absolute atomic E-state index is 0.0767. The molecule has 230 valence electrons. The summed E-state index contributed by atoms with van der Waals surface area (Å²) < 4.78 is 46.8. The van der Waals surface area contributed by atoms with Gasteiger partial charge in [-0.2, -0.15) is 5.10 Å². The molecule has 0 atom stereocenters. The molecule has 45 heavy (non-hydrogen) atoms. The molecule has 0 spiro atoms. The Kier molecular flexibility index (Phi) is 9.48. The number of fused-ring (bicyclic) bond motifs is 1. The van der Waals surface area contributed by atoms with Gasteiger partial charge in [0.25, 0.3) is 11.8 Å². The molecule has 5 rings (SSSR count). The molecule has 0 radical (unpaired) electrons. The summed E-state index contributed by atoms with van der Waals surface area (Å²) in [5.41, 5.74) is 0.607. The van der Waals surface area contributed by atoms with Gasteiger partial charge in [0.15, 0.2) is 23.1 Å². The van der Waals surface area contributed by atoms with Crippen LogP contribution < -0.4 is 30.2 Å². The third-order valence-electron chi connectivity index (χ3n) is 6.50. The van der Waals surface area contributed by atoms with Crippen molar-refractivity contribution < 1.29 is 32.6 Å². The Morgan fingerprint density at radius 1 is 0.844 bits per heavy atom. The van der Waals surface area contributed by atoms with Crippen LogP contribution in [0.1, 0.15) is 0 Å². The number of ether oxygens (including phenoxy) is 3. The zero-order valence-electron chi connectivity index (χ0n) is 24.2. The Morgan fingerprint density at radius 2 is 1.56 bits per heavy atom. The summed E-state index contributed by atoms with van der Waals surface area (Å²) in [5.74, 6) is -1.68. The number of halogens is 2. The predicted octanol–water partition coefficient (Wildman–Crippen LogP) is 5.27. The number of aromatic nitrogens is 3. The summed E-state index contributed by atoms with van der Waals surface area (Å²) >= 11 is 0. The topological polar surface area (TPSA) is 129 Å². The SMILES string of the molecule is COc1cc2nccc(Oc3ccc(NC(=O)/C(=C/NCCn4cccn4)C(=O)Nc4ccc(F)cc4)cc3F)c2cc1OC. The number of methoxy groups -OCH3 is 2. The van der Waals surface area contributed by atoms with Crippen LogP contribution in [-0.2, 0) is 16.1 Å². The first-order valence-corrected chi connectivity index (χ1v) is 13.6. The van der Waals surface area contributed by atoms with Crippen molar-refractivity contribution in [1.82, 2.24) is 20.1 Å². The van der Waals surface area contributed by atoms with Gasteiger partial charge in [0.05, 0.1) is 26.3 Å². The molecule has 2 heterocycles. The third kappa shape index (κ3) is 7.51. The summed E-state index contributed by atoms with van der Waals surface area (Å²) in [7, 11) is 3.01. The van der Waals surface area contributed by atoms with Crippen molar-refractivity contribution in [3.05, 3.63) is 109 Å². The van der Waals surface area contributed by atoms with Crippen LogP contribution in [0, 0.1) is 11.6 Å². The number of hydrogen-bond acceptors (Lipinski definition) is 8. The molecule has 0 fully saturated rings. The van der Waals surface area contributed by atoms with Crippen LogP contribution in [0.5, 0.6) is 23.0 Å². The lowest BCUT2D eigenvalue weighted by atomic mass is 10.1. The fraction of sp³-hybridized carbons (Fsp3) is 0.125. The van der Waals surface area contributed by atoms with Gasteiger partial charge in [-0.05, 0) is 54.6 Å². The van der Waals surface area contributed by atoms with E-state index in [2.05, 4.69) is 26.0 Å². The molecule has 0 aliphatic heterocycles. The van der Waals surface area contributed by atoms with Crippen LogP contribution in [0.3, 0.4) is 0 Å². The highest BCUT2D eigenvalue weighted by Crippen LogP contribution is 2.37. The zero-order chi connectivity index (χ0) is 31.8. The fourth-order valence-corrected chi connectivity index (χ4v) is 4.27. The van der Waals surface area contributed by atoms with Crippen molar-refractivity contribution in [3.63, 3.8) is 0 Å². The largest absolute Gasteiger partial charge is 0.493 e. The van der Waals surface area contributed by atoms with E-state index in [9.17, 15) is 14.0 Å². The van der Waals surface area contributed by atoms with Gasteiger partial charge in [-0.15, -0.1) is 0 Å². The smallest absolute Gasteiger partial charge is 0.262 e. The quantitative estimate of drug-likeness (QED) is 0.0751. The van der Waals surface area contributed by atoms with Crippen LogP contribution in [-0.4, -0.2) is 47.3 Å². The first-order chi connectivity index (χ1) is 21.8. The van der Waals surface area contributed by atoms with Crippen molar-refractivity contribution in [1.29, 1.82) is 0 Å². The molecule has 5 aromatic rings. The van der Waals surface area contributed by atoms with Crippen LogP contribution >= 0.6 is 0 Å². The Morgan fingerprint density at radius 3 is 2.24 bits per heavy atom. The van der Waals surface area contributed by atoms with E-state index in [1.807, 2.05) is 0 Å². The Labute approximate surface area is 256 Å². The molecule has 0 aliphatic rings. The number of anilines is 2. The van der Waals surface area contributed by atoms with Crippen molar-refractivity contribution in [2.75, 3.05) is 31.4 Å². The Bertz CT molecular complexity index is 1850. The van der Waals surface area contributed by atoms with E-state index < -0.39 is 23.4 Å². The minimum atomic E-state index is -0.810. The number of carbonyl (C=O) groups is 2. The monoisotopic (exact) mass is 614 g/mol. The second-order valence-electron chi connectivity index (χ2n) is 9.48. The number of pyridine rings is 1. The molecule has 0 bridgehead atoms. The lowest BCUT2D eigenvalue weighted by Crippen LogP contribution is -2.28. The van der Waals surface area contributed by atoms with Crippen molar-refractivity contribution in [3.8, 4) is 23.0 Å². The summed E-state index contributed by atoms with van der Waals surface area (Å²) in [6.45, 7) is 0.822. The lowest BCUT2D eigenvalue weighted by Gasteiger charge is -2.14. The zero-order valence-corrected chi connectivity index (χ0v) is 24.2. The van der Waals surface area contributed by atoms with E-state index in [4.69, 9.17) is 14.2 Å². The van der Waals surface area contributed by atoms with Gasteiger partial charge in [-0.1, -0.05) is 0 Å². The maximum Gasteiger partial charge on any atom is 0.262 e. The number of benzene rings is 3. The van der Waals surface area contributed by atoms with Gasteiger partial charge in [0, 0.05) is 60.2 Å². The molecule has 0 saturated heterocycles. The first-order valence-electron chi connectivity index (χ1n) is 13.6. The van der Waals surface area contributed by atoms with E-state index in [0.29, 0.717) is 41.2 Å². The van der Waals surface area contributed by atoms with Gasteiger partial charge in [0.2, 0.25) is 0 Å². The molecule has 0 aliphatic carbocycles. The van der Waals surface area contributed by atoms with Gasteiger partial charge < -0.3 is 30.2 Å². The first kappa shape index (κ1) is 30.5. The molecule has 11 nitrogen and oxygen atoms in total. The predicted molar refractivity (Wildman–Crippen MR) is 163 cm³/mol. The fourth-order valence-electron chi connectivity index (χ4n) is 4.27. The average molecular weight is 615 g/mol. The van der Waals surface area contributed by atoms with Gasteiger partial charge in [-0.25, -0.2) is 8.78 Å². The number of amides is 2. The number of rotatable bonds is 12. The highest BCUT2D eigenvalue weighted by molar-refractivity contribution is 6.26. The Hall–Kier alpha value is -5.98. The molecular weight excluding hydrogens is 586 g/mol. The molecular formula is C32H28F2N6O5. The van der Waals surface area contributed by atoms with Crippen LogP contribution in [0.15, 0.2) is 97.1 Å². The molecule has 3 N–H and O–H groups in total. The summed E-state index contributed by atoms with van der Waals surface area (Å²) in [6, 6.07) is 15.6. The van der Waals surface area contributed by atoms with Crippen LogP contribution in [0.2, 0.25) is 0 Å². The third-order valence-corrected chi connectivity index (χ3v) is 6.50. The van der Waals surface area contributed by atoms with E-state index in [1.54, 1.807) is 41.3 Å². The maximum atomic E-state index is 15.2. The number of nitrogens with one attached hydrogen (secondary N) is 3. The lowest BCUT2D eigenvalue weighted by molar-refractivity contribution is -0.118. The number of hydrogen-bond donors (Lipinski definition) is 3. The van der Waals surface area contributed by atoms with Crippen molar-refractivity contribution >= 4 is 34.1 Å². The van der Waals surface area contributed by atoms with Gasteiger partial charge in [0.1, 0.15) is 17.1 Å². The van der Waals surface area contributed by atoms with E-state index in [1.165, 1.54) is 63.0 Å². The number of nitrogens with zero attached hydrogens (tertiary/aromatic N) is 3. The van der Waals surface area contributed by atoms with Gasteiger partial charge >= 0.3 is 0 Å². The molecule has 0 unspecified atom stereocenters. The normalized spacial score (nSPS) is 11.2. The molecule has 3 aromatic carbocycles. The number of carbonyl (C=O) groups excluding carboxylic acids is 2. The molecule has 0 saturated carbocycles. The summed E-state index contributed by atoms with van der Waals surface area (Å²) in [4.78, 5) is 30.6. The van der Waals surface area contributed by atoms with E-state index >= 15 is 4.39 Å². The van der Waals surface area contributed by atoms with Crippen LogP contribution in [0.25, 0.3) is 10.9 Å². The van der Waals surface area contributed by atoms with Crippen molar-refractivity contribution in [2.24, 2.45) is 0 Å². The van der Waals surface area contributed by atoms with Crippen LogP contribution in [0.4, 0.5) is 20.2 Å². The van der Waals surface area contributed by atoms with E-state index in [-0.39, 0.29) is 22.7 Å². The molecule has 2 amide bonds. The highest BCUT2D eigenvalue weighted by Gasteiger charge is 2.20. The average Bonchev–Trinajstić information content (AvgIpc) is 3.56. The second-order valence-corrected chi connectivity index (χ2v) is 9.48. The summed E-state index contributed by atoms with van der Waals surface area (Å²) in [6.07, 6.45) is 6.18. The highest BCUT2D eigenvalue weighted by atomic mass is 19.1. The summed E-state index contributed by atoms with van der Waals surface area (Å²) in [5, 5.41) is 12.7. The minimum Gasteiger partial charge on any atom is -0.493 e. The Balaban J connectivity index is 1.32. The maximum absolute atomic E-state index is 15.2. The van der Waals surface area contributed by atoms with E-state index in [0.717, 1.165) is 6.07 Å². The standard InChI is InChI=1S/C32H28F2N6O5/c1-43-29-17-23-26(18-30(29)44-2)36-12-10-27(23)45-28-9-8-22(16-25(28)34)39-32(42)24(19-35-13-15-40-14-3-11-37-40)31(41)38-21-6-4-20(33)5-7-21/h3-12,14,16-19,35H,13,15H2,1-2H3,(H,38,41)(H,39,42)/b24-19+.